The standard InChI is InChI=1S/C17H16BrCl2NO4/c1-23-15-5-10(12(19)7-16(15)24-2)8-21-17(22)9-25-14-4-3-11(18)6-13(14)20/h3-7H,8-9H2,1-2H3,(H,21,22). The Labute approximate surface area is 164 Å². The number of benzene rings is 2. The van der Waals surface area contributed by atoms with Crippen molar-refractivity contribution in [2.24, 2.45) is 0 Å². The summed E-state index contributed by atoms with van der Waals surface area (Å²) in [6.07, 6.45) is 0. The van der Waals surface area contributed by atoms with Crippen molar-refractivity contribution in [2.75, 3.05) is 20.8 Å². The van der Waals surface area contributed by atoms with Gasteiger partial charge < -0.3 is 19.5 Å². The van der Waals surface area contributed by atoms with Gasteiger partial charge in [-0.25, -0.2) is 0 Å². The summed E-state index contributed by atoms with van der Waals surface area (Å²) in [7, 11) is 3.06. The second kappa shape index (κ2) is 9.17. The van der Waals surface area contributed by atoms with Crippen LogP contribution in [0, 0.1) is 0 Å². The van der Waals surface area contributed by atoms with Gasteiger partial charge in [0.1, 0.15) is 5.75 Å². The lowest BCUT2D eigenvalue weighted by molar-refractivity contribution is -0.123. The fraction of sp³-hybridized carbons (Fsp3) is 0.235. The molecule has 0 bridgehead atoms. The maximum absolute atomic E-state index is 12.0. The topological polar surface area (TPSA) is 56.8 Å². The summed E-state index contributed by atoms with van der Waals surface area (Å²) >= 11 is 15.5. The van der Waals surface area contributed by atoms with Gasteiger partial charge in [-0.15, -0.1) is 0 Å². The molecule has 1 amide bonds. The first-order valence-corrected chi connectivity index (χ1v) is 8.74. The Hall–Kier alpha value is -1.63. The lowest BCUT2D eigenvalue weighted by atomic mass is 10.2. The van der Waals surface area contributed by atoms with E-state index in [-0.39, 0.29) is 19.1 Å². The molecule has 2 aromatic carbocycles. The van der Waals surface area contributed by atoms with Gasteiger partial charge in [-0.3, -0.25) is 4.79 Å². The monoisotopic (exact) mass is 447 g/mol. The van der Waals surface area contributed by atoms with Crippen molar-refractivity contribution in [3.63, 3.8) is 0 Å². The Bertz CT molecular complexity index is 771. The zero-order chi connectivity index (χ0) is 18.4. The fourth-order valence-corrected chi connectivity index (χ4v) is 2.96. The molecule has 0 unspecified atom stereocenters. The summed E-state index contributed by atoms with van der Waals surface area (Å²) < 4.78 is 16.6. The summed E-state index contributed by atoms with van der Waals surface area (Å²) in [5.74, 6) is 1.19. The summed E-state index contributed by atoms with van der Waals surface area (Å²) in [5.41, 5.74) is 0.703. The first kappa shape index (κ1) is 19.7. The lowest BCUT2D eigenvalue weighted by Gasteiger charge is -2.13. The van der Waals surface area contributed by atoms with Crippen LogP contribution in [0.1, 0.15) is 5.56 Å². The minimum atomic E-state index is -0.301. The Morgan fingerprint density at radius 3 is 2.36 bits per heavy atom. The summed E-state index contributed by atoms with van der Waals surface area (Å²) in [6, 6.07) is 8.51. The van der Waals surface area contributed by atoms with Gasteiger partial charge in [-0.05, 0) is 29.8 Å². The van der Waals surface area contributed by atoms with Gasteiger partial charge >= 0.3 is 0 Å². The van der Waals surface area contributed by atoms with E-state index in [9.17, 15) is 4.79 Å². The van der Waals surface area contributed by atoms with Crippen LogP contribution in [0.5, 0.6) is 17.2 Å². The smallest absolute Gasteiger partial charge is 0.258 e. The van der Waals surface area contributed by atoms with Crippen molar-refractivity contribution in [2.45, 2.75) is 6.54 Å². The molecule has 0 fully saturated rings. The molecule has 2 aromatic rings. The SMILES string of the molecule is COc1cc(Cl)c(CNC(=O)COc2ccc(Br)cc2Cl)cc1OC. The predicted octanol–water partition coefficient (Wildman–Crippen LogP) is 4.47. The first-order chi connectivity index (χ1) is 11.9. The zero-order valence-corrected chi connectivity index (χ0v) is 16.7. The Balaban J connectivity index is 1.93. The third kappa shape index (κ3) is 5.42. The number of carbonyl (C=O) groups excluding carboxylic acids is 1. The average Bonchev–Trinajstić information content (AvgIpc) is 2.59. The third-order valence-corrected chi connectivity index (χ3v) is 4.42. The average molecular weight is 449 g/mol. The molecule has 0 aliphatic heterocycles. The predicted molar refractivity (Wildman–Crippen MR) is 101 cm³/mol. The van der Waals surface area contributed by atoms with Crippen LogP contribution < -0.4 is 19.5 Å². The van der Waals surface area contributed by atoms with Crippen molar-refractivity contribution in [1.82, 2.24) is 5.32 Å². The maximum Gasteiger partial charge on any atom is 0.258 e. The number of halogens is 3. The van der Waals surface area contributed by atoms with Crippen LogP contribution in [0.25, 0.3) is 0 Å². The van der Waals surface area contributed by atoms with Crippen molar-refractivity contribution < 1.29 is 19.0 Å². The van der Waals surface area contributed by atoms with Crippen molar-refractivity contribution in [1.29, 1.82) is 0 Å². The van der Waals surface area contributed by atoms with Crippen LogP contribution in [0.15, 0.2) is 34.8 Å². The van der Waals surface area contributed by atoms with Crippen LogP contribution in [0.3, 0.4) is 0 Å². The van der Waals surface area contributed by atoms with Gasteiger partial charge in [0.15, 0.2) is 18.1 Å². The molecule has 0 heterocycles. The quantitative estimate of drug-likeness (QED) is 0.678. The molecule has 8 heteroatoms. The van der Waals surface area contributed by atoms with E-state index in [0.717, 1.165) is 4.47 Å². The number of rotatable bonds is 7. The van der Waals surface area contributed by atoms with E-state index >= 15 is 0 Å². The molecule has 134 valence electrons. The van der Waals surface area contributed by atoms with E-state index in [1.807, 2.05) is 0 Å². The number of methoxy groups -OCH3 is 2. The van der Waals surface area contributed by atoms with Crippen molar-refractivity contribution in [3.05, 3.63) is 50.4 Å². The highest BCUT2D eigenvalue weighted by Crippen LogP contribution is 2.33. The molecule has 0 saturated carbocycles. The lowest BCUT2D eigenvalue weighted by Crippen LogP contribution is -2.28. The minimum absolute atomic E-state index is 0.160. The van der Waals surface area contributed by atoms with E-state index in [2.05, 4.69) is 21.2 Å². The first-order valence-electron chi connectivity index (χ1n) is 7.19. The molecule has 0 saturated heterocycles. The number of nitrogens with one attached hydrogen (secondary N) is 1. The van der Waals surface area contributed by atoms with Gasteiger partial charge in [0.05, 0.1) is 19.2 Å². The molecule has 1 N–H and O–H groups in total. The maximum atomic E-state index is 12.0. The molecule has 0 aromatic heterocycles. The van der Waals surface area contributed by atoms with E-state index in [1.54, 1.807) is 30.3 Å². The van der Waals surface area contributed by atoms with Crippen LogP contribution in [0.4, 0.5) is 0 Å². The molecule has 2 rings (SSSR count). The van der Waals surface area contributed by atoms with Crippen LogP contribution in [0.2, 0.25) is 10.0 Å². The number of hydrogen-bond donors (Lipinski definition) is 1. The van der Waals surface area contributed by atoms with E-state index in [0.29, 0.717) is 32.9 Å². The molecule has 25 heavy (non-hydrogen) atoms. The van der Waals surface area contributed by atoms with Gasteiger partial charge in [0.2, 0.25) is 0 Å². The van der Waals surface area contributed by atoms with E-state index < -0.39 is 0 Å². The number of amides is 1. The molecular weight excluding hydrogens is 433 g/mol. The third-order valence-electron chi connectivity index (χ3n) is 3.28. The number of ether oxygens (including phenoxy) is 3. The highest BCUT2D eigenvalue weighted by molar-refractivity contribution is 9.10. The Morgan fingerprint density at radius 1 is 1.04 bits per heavy atom. The number of hydrogen-bond acceptors (Lipinski definition) is 4. The Kier molecular flexibility index (Phi) is 7.23. The van der Waals surface area contributed by atoms with Crippen LogP contribution in [-0.4, -0.2) is 26.7 Å². The summed E-state index contributed by atoms with van der Waals surface area (Å²) in [4.78, 5) is 12.0. The molecule has 0 aliphatic carbocycles. The largest absolute Gasteiger partial charge is 0.493 e. The van der Waals surface area contributed by atoms with Crippen molar-refractivity contribution in [3.8, 4) is 17.2 Å². The molecule has 0 atom stereocenters. The zero-order valence-electron chi connectivity index (χ0n) is 13.6. The second-order valence-electron chi connectivity index (χ2n) is 4.94. The van der Waals surface area contributed by atoms with Gasteiger partial charge in [0.25, 0.3) is 5.91 Å². The van der Waals surface area contributed by atoms with E-state index in [4.69, 9.17) is 37.4 Å². The Morgan fingerprint density at radius 2 is 1.72 bits per heavy atom. The second-order valence-corrected chi connectivity index (χ2v) is 6.67. The van der Waals surface area contributed by atoms with Crippen LogP contribution >= 0.6 is 39.1 Å². The molecule has 5 nitrogen and oxygen atoms in total. The van der Waals surface area contributed by atoms with Gasteiger partial charge in [0, 0.05) is 22.1 Å². The van der Waals surface area contributed by atoms with Crippen LogP contribution in [-0.2, 0) is 11.3 Å². The normalized spacial score (nSPS) is 10.3. The highest BCUT2D eigenvalue weighted by Gasteiger charge is 2.11. The molecule has 0 spiro atoms. The molecular formula is C17H16BrCl2NO4. The summed E-state index contributed by atoms with van der Waals surface area (Å²) in [5, 5.41) is 3.62. The van der Waals surface area contributed by atoms with Gasteiger partial charge in [-0.2, -0.15) is 0 Å². The van der Waals surface area contributed by atoms with Crippen molar-refractivity contribution >= 4 is 45.0 Å². The fourth-order valence-electron chi connectivity index (χ4n) is 2.01. The highest BCUT2D eigenvalue weighted by atomic mass is 79.9. The minimum Gasteiger partial charge on any atom is -0.493 e. The molecule has 0 aliphatic rings. The summed E-state index contributed by atoms with van der Waals surface area (Å²) in [6.45, 7) is 0.0711. The van der Waals surface area contributed by atoms with Gasteiger partial charge in [-0.1, -0.05) is 39.1 Å². The number of carbonyl (C=O) groups is 1. The van der Waals surface area contributed by atoms with E-state index in [1.165, 1.54) is 14.2 Å². The molecule has 0 radical (unpaired) electrons.